The minimum atomic E-state index is -0.392. The molecule has 0 radical (unpaired) electrons. The highest BCUT2D eigenvalue weighted by Gasteiger charge is 2.18. The minimum absolute atomic E-state index is 0.0692. The molecule has 1 aromatic rings. The van der Waals surface area contributed by atoms with Crippen LogP contribution in [0.4, 0.5) is 5.13 Å². The molecule has 0 spiro atoms. The molecule has 0 aliphatic carbocycles. The SMILES string of the molecule is CCOC(=O)c1sc(NC(=O)C(C)CC)nc1C. The van der Waals surface area contributed by atoms with Crippen molar-refractivity contribution < 1.29 is 14.3 Å². The summed E-state index contributed by atoms with van der Waals surface area (Å²) in [4.78, 5) is 27.9. The normalized spacial score (nSPS) is 12.0. The molecular formula is C12H18N2O3S. The first kappa shape index (κ1) is 14.6. The monoisotopic (exact) mass is 270 g/mol. The van der Waals surface area contributed by atoms with Crippen LogP contribution < -0.4 is 5.32 Å². The summed E-state index contributed by atoms with van der Waals surface area (Å²) in [6.07, 6.45) is 0.765. The van der Waals surface area contributed by atoms with Crippen molar-refractivity contribution in [3.8, 4) is 0 Å². The lowest BCUT2D eigenvalue weighted by Gasteiger charge is -2.06. The van der Waals surface area contributed by atoms with Crippen LogP contribution in [0.25, 0.3) is 0 Å². The van der Waals surface area contributed by atoms with Gasteiger partial charge in [-0.05, 0) is 20.3 Å². The predicted octanol–water partition coefficient (Wildman–Crippen LogP) is 2.61. The highest BCUT2D eigenvalue weighted by Crippen LogP contribution is 2.24. The van der Waals surface area contributed by atoms with Crippen LogP contribution in [0, 0.1) is 12.8 Å². The molecule has 1 amide bonds. The van der Waals surface area contributed by atoms with Crippen molar-refractivity contribution in [2.24, 2.45) is 5.92 Å². The maximum absolute atomic E-state index is 11.7. The number of aryl methyl sites for hydroxylation is 1. The van der Waals surface area contributed by atoms with Crippen LogP contribution in [0.2, 0.25) is 0 Å². The second kappa shape index (κ2) is 6.49. The Labute approximate surface area is 111 Å². The van der Waals surface area contributed by atoms with E-state index in [0.717, 1.165) is 17.8 Å². The second-order valence-electron chi connectivity index (χ2n) is 3.95. The Morgan fingerprint density at radius 2 is 2.11 bits per heavy atom. The summed E-state index contributed by atoms with van der Waals surface area (Å²) in [5.74, 6) is -0.543. The van der Waals surface area contributed by atoms with Gasteiger partial charge in [0.2, 0.25) is 5.91 Å². The van der Waals surface area contributed by atoms with Crippen molar-refractivity contribution in [3.05, 3.63) is 10.6 Å². The van der Waals surface area contributed by atoms with Gasteiger partial charge in [0.25, 0.3) is 0 Å². The Morgan fingerprint density at radius 3 is 2.67 bits per heavy atom. The van der Waals surface area contributed by atoms with Crippen LogP contribution in [0.5, 0.6) is 0 Å². The Balaban J connectivity index is 2.78. The zero-order chi connectivity index (χ0) is 13.7. The summed E-state index contributed by atoms with van der Waals surface area (Å²) in [7, 11) is 0. The van der Waals surface area contributed by atoms with Crippen molar-refractivity contribution in [1.82, 2.24) is 4.98 Å². The van der Waals surface area contributed by atoms with E-state index in [1.165, 1.54) is 0 Å². The molecule has 5 nitrogen and oxygen atoms in total. The number of thiazole rings is 1. The van der Waals surface area contributed by atoms with E-state index >= 15 is 0 Å². The lowest BCUT2D eigenvalue weighted by molar-refractivity contribution is -0.119. The van der Waals surface area contributed by atoms with E-state index < -0.39 is 5.97 Å². The molecule has 1 heterocycles. The smallest absolute Gasteiger partial charge is 0.350 e. The fourth-order valence-electron chi connectivity index (χ4n) is 1.25. The summed E-state index contributed by atoms with van der Waals surface area (Å²) >= 11 is 1.15. The Morgan fingerprint density at radius 1 is 1.44 bits per heavy atom. The van der Waals surface area contributed by atoms with Crippen LogP contribution in [-0.4, -0.2) is 23.5 Å². The third kappa shape index (κ3) is 3.53. The summed E-state index contributed by atoms with van der Waals surface area (Å²) in [5.41, 5.74) is 0.581. The number of carbonyl (C=O) groups excluding carboxylic acids is 2. The van der Waals surface area contributed by atoms with E-state index in [2.05, 4.69) is 10.3 Å². The molecule has 100 valence electrons. The van der Waals surface area contributed by atoms with Crippen molar-refractivity contribution in [2.45, 2.75) is 34.1 Å². The zero-order valence-corrected chi connectivity index (χ0v) is 11.9. The van der Waals surface area contributed by atoms with Gasteiger partial charge >= 0.3 is 5.97 Å². The maximum atomic E-state index is 11.7. The molecule has 0 bridgehead atoms. The fourth-order valence-corrected chi connectivity index (χ4v) is 2.11. The van der Waals surface area contributed by atoms with Gasteiger partial charge in [-0.25, -0.2) is 9.78 Å². The van der Waals surface area contributed by atoms with Crippen LogP contribution >= 0.6 is 11.3 Å². The molecule has 0 saturated carbocycles. The third-order valence-electron chi connectivity index (χ3n) is 2.55. The number of anilines is 1. The Kier molecular flexibility index (Phi) is 5.27. The number of amides is 1. The Hall–Kier alpha value is -1.43. The second-order valence-corrected chi connectivity index (χ2v) is 4.95. The first-order valence-corrected chi connectivity index (χ1v) is 6.76. The molecule has 0 aliphatic heterocycles. The fraction of sp³-hybridized carbons (Fsp3) is 0.583. The number of nitrogens with zero attached hydrogens (tertiary/aromatic N) is 1. The van der Waals surface area contributed by atoms with E-state index in [9.17, 15) is 9.59 Å². The molecule has 1 aromatic heterocycles. The van der Waals surface area contributed by atoms with E-state index in [1.807, 2.05) is 13.8 Å². The first-order valence-electron chi connectivity index (χ1n) is 5.94. The van der Waals surface area contributed by atoms with E-state index in [0.29, 0.717) is 22.3 Å². The lowest BCUT2D eigenvalue weighted by Crippen LogP contribution is -2.19. The van der Waals surface area contributed by atoms with Crippen molar-refractivity contribution >= 4 is 28.3 Å². The molecule has 1 rings (SSSR count). The molecule has 1 atom stereocenters. The van der Waals surface area contributed by atoms with Gasteiger partial charge in [0.15, 0.2) is 5.13 Å². The first-order chi connectivity index (χ1) is 8.49. The summed E-state index contributed by atoms with van der Waals surface area (Å²) in [5, 5.41) is 3.16. The molecule has 1 unspecified atom stereocenters. The van der Waals surface area contributed by atoms with Gasteiger partial charge < -0.3 is 10.1 Å². The average molecular weight is 270 g/mol. The van der Waals surface area contributed by atoms with Crippen molar-refractivity contribution in [2.75, 3.05) is 11.9 Å². The summed E-state index contributed by atoms with van der Waals surface area (Å²) in [6, 6.07) is 0. The average Bonchev–Trinajstić information content (AvgIpc) is 2.69. The van der Waals surface area contributed by atoms with E-state index in [4.69, 9.17) is 4.74 Å². The molecule has 0 aromatic carbocycles. The predicted molar refractivity (Wildman–Crippen MR) is 70.9 cm³/mol. The number of nitrogens with one attached hydrogen (secondary N) is 1. The van der Waals surface area contributed by atoms with Crippen molar-refractivity contribution in [1.29, 1.82) is 0 Å². The number of hydrogen-bond donors (Lipinski definition) is 1. The van der Waals surface area contributed by atoms with Gasteiger partial charge in [-0.3, -0.25) is 4.79 Å². The van der Waals surface area contributed by atoms with Gasteiger partial charge in [0, 0.05) is 5.92 Å². The van der Waals surface area contributed by atoms with Gasteiger partial charge in [-0.2, -0.15) is 0 Å². The number of rotatable bonds is 5. The zero-order valence-electron chi connectivity index (χ0n) is 11.1. The number of ether oxygens (including phenoxy) is 1. The van der Waals surface area contributed by atoms with Crippen LogP contribution in [0.1, 0.15) is 42.6 Å². The van der Waals surface area contributed by atoms with Crippen LogP contribution in [0.15, 0.2) is 0 Å². The van der Waals surface area contributed by atoms with E-state index in [-0.39, 0.29) is 11.8 Å². The summed E-state index contributed by atoms with van der Waals surface area (Å²) < 4.78 is 4.91. The topological polar surface area (TPSA) is 68.3 Å². The quantitative estimate of drug-likeness (QED) is 0.835. The van der Waals surface area contributed by atoms with Crippen LogP contribution in [0.3, 0.4) is 0 Å². The van der Waals surface area contributed by atoms with E-state index in [1.54, 1.807) is 13.8 Å². The standard InChI is InChI=1S/C12H18N2O3S/c1-5-7(3)10(15)14-12-13-8(4)9(18-12)11(16)17-6-2/h7H,5-6H2,1-4H3,(H,13,14,15). The molecule has 6 heteroatoms. The Bertz CT molecular complexity index is 443. The largest absolute Gasteiger partial charge is 0.462 e. The molecular weight excluding hydrogens is 252 g/mol. The summed E-state index contributed by atoms with van der Waals surface area (Å²) in [6.45, 7) is 7.59. The van der Waals surface area contributed by atoms with Gasteiger partial charge in [-0.15, -0.1) is 0 Å². The molecule has 18 heavy (non-hydrogen) atoms. The number of esters is 1. The van der Waals surface area contributed by atoms with Gasteiger partial charge in [0.05, 0.1) is 12.3 Å². The van der Waals surface area contributed by atoms with Gasteiger partial charge in [-0.1, -0.05) is 25.2 Å². The molecule has 0 saturated heterocycles. The molecule has 0 aliphatic rings. The number of aromatic nitrogens is 1. The van der Waals surface area contributed by atoms with Gasteiger partial charge in [0.1, 0.15) is 4.88 Å². The highest BCUT2D eigenvalue weighted by molar-refractivity contribution is 7.17. The lowest BCUT2D eigenvalue weighted by atomic mass is 10.1. The minimum Gasteiger partial charge on any atom is -0.462 e. The molecule has 0 fully saturated rings. The maximum Gasteiger partial charge on any atom is 0.350 e. The molecule has 1 N–H and O–H groups in total. The number of carbonyl (C=O) groups is 2. The third-order valence-corrected chi connectivity index (χ3v) is 3.60. The van der Waals surface area contributed by atoms with Crippen LogP contribution in [-0.2, 0) is 9.53 Å². The highest BCUT2D eigenvalue weighted by atomic mass is 32.1. The van der Waals surface area contributed by atoms with Crippen molar-refractivity contribution in [3.63, 3.8) is 0 Å². The number of hydrogen-bond acceptors (Lipinski definition) is 5.